The van der Waals surface area contributed by atoms with Crippen LogP contribution in [-0.4, -0.2) is 35.3 Å². The fourth-order valence-electron chi connectivity index (χ4n) is 1.90. The molecule has 0 atom stereocenters. The molecule has 0 spiro atoms. The Labute approximate surface area is 124 Å². The average Bonchev–Trinajstić information content (AvgIpc) is 2.77. The molecule has 0 saturated carbocycles. The number of sulfonamides is 1. The summed E-state index contributed by atoms with van der Waals surface area (Å²) >= 11 is 0. The van der Waals surface area contributed by atoms with Gasteiger partial charge in [-0.25, -0.2) is 23.1 Å². The van der Waals surface area contributed by atoms with Gasteiger partial charge >= 0.3 is 0 Å². The number of primary sulfonamides is 1. The third-order valence-electron chi connectivity index (χ3n) is 3.06. The minimum atomic E-state index is -3.41. The quantitative estimate of drug-likeness (QED) is 0.805. The maximum atomic E-state index is 10.9. The van der Waals surface area contributed by atoms with E-state index in [1.807, 2.05) is 6.07 Å². The van der Waals surface area contributed by atoms with Crippen LogP contribution in [0.15, 0.2) is 18.5 Å². The van der Waals surface area contributed by atoms with E-state index in [4.69, 9.17) is 5.14 Å². The fourth-order valence-corrected chi connectivity index (χ4v) is 2.45. The number of fused-ring (bicyclic) bond motifs is 1. The summed E-state index contributed by atoms with van der Waals surface area (Å²) in [6.45, 7) is 6.78. The molecule has 2 heterocycles. The van der Waals surface area contributed by atoms with E-state index in [-0.39, 0.29) is 11.2 Å². The van der Waals surface area contributed by atoms with Crippen LogP contribution in [0.5, 0.6) is 0 Å². The molecule has 0 fully saturated rings. The summed E-state index contributed by atoms with van der Waals surface area (Å²) in [4.78, 5) is 4.28. The van der Waals surface area contributed by atoms with E-state index in [2.05, 4.69) is 36.2 Å². The highest BCUT2D eigenvalue weighted by Gasteiger charge is 2.18. The van der Waals surface area contributed by atoms with Gasteiger partial charge in [0.1, 0.15) is 5.52 Å². The number of nitrogens with zero attached hydrogens (tertiary/aromatic N) is 3. The summed E-state index contributed by atoms with van der Waals surface area (Å²) in [5.41, 5.74) is 1.80. The largest absolute Gasteiger partial charge is 0.368 e. The lowest BCUT2D eigenvalue weighted by molar-refractivity contribution is 0.562. The molecular weight excluding hydrogens is 290 g/mol. The Morgan fingerprint density at radius 1 is 1.38 bits per heavy atom. The molecule has 0 saturated heterocycles. The van der Waals surface area contributed by atoms with Gasteiger partial charge in [0.05, 0.1) is 11.4 Å². The molecule has 2 rings (SSSR count). The van der Waals surface area contributed by atoms with Crippen LogP contribution in [-0.2, 0) is 15.4 Å². The molecule has 0 aliphatic rings. The Morgan fingerprint density at radius 3 is 2.71 bits per heavy atom. The first-order valence-corrected chi connectivity index (χ1v) is 8.47. The molecule has 0 radical (unpaired) electrons. The van der Waals surface area contributed by atoms with Crippen LogP contribution in [0.2, 0.25) is 0 Å². The zero-order chi connectivity index (χ0) is 15.7. The van der Waals surface area contributed by atoms with E-state index < -0.39 is 10.0 Å². The molecule has 0 aliphatic heterocycles. The van der Waals surface area contributed by atoms with Crippen molar-refractivity contribution in [2.45, 2.75) is 32.6 Å². The van der Waals surface area contributed by atoms with E-state index in [0.29, 0.717) is 18.8 Å². The van der Waals surface area contributed by atoms with Gasteiger partial charge in [0.2, 0.25) is 10.0 Å². The van der Waals surface area contributed by atoms with Crippen LogP contribution in [0.4, 0.5) is 5.82 Å². The van der Waals surface area contributed by atoms with E-state index >= 15 is 0 Å². The molecule has 0 bridgehead atoms. The lowest BCUT2D eigenvalue weighted by Crippen LogP contribution is -2.19. The van der Waals surface area contributed by atoms with Crippen LogP contribution in [0.25, 0.3) is 5.52 Å². The molecule has 3 N–H and O–H groups in total. The van der Waals surface area contributed by atoms with Crippen LogP contribution in [0, 0.1) is 0 Å². The topological polar surface area (TPSA) is 102 Å². The van der Waals surface area contributed by atoms with Crippen LogP contribution in [0.3, 0.4) is 0 Å². The second-order valence-corrected chi connectivity index (χ2v) is 7.77. The Morgan fingerprint density at radius 2 is 2.10 bits per heavy atom. The van der Waals surface area contributed by atoms with Crippen LogP contribution >= 0.6 is 0 Å². The number of hydrogen-bond donors (Lipinski definition) is 2. The maximum absolute atomic E-state index is 10.9. The summed E-state index contributed by atoms with van der Waals surface area (Å²) in [6, 6.07) is 2.00. The monoisotopic (exact) mass is 311 g/mol. The van der Waals surface area contributed by atoms with Gasteiger partial charge in [0, 0.05) is 24.4 Å². The van der Waals surface area contributed by atoms with Crippen molar-refractivity contribution in [3.05, 3.63) is 24.2 Å². The Balaban J connectivity index is 2.15. The second-order valence-electron chi connectivity index (χ2n) is 6.03. The Kier molecular flexibility index (Phi) is 4.20. The highest BCUT2D eigenvalue weighted by molar-refractivity contribution is 7.89. The highest BCUT2D eigenvalue weighted by atomic mass is 32.2. The van der Waals surface area contributed by atoms with Crippen molar-refractivity contribution in [3.63, 3.8) is 0 Å². The second kappa shape index (κ2) is 5.61. The summed E-state index contributed by atoms with van der Waals surface area (Å²) in [5.74, 6) is 0.644. The van der Waals surface area contributed by atoms with Gasteiger partial charge in [-0.15, -0.1) is 0 Å². The van der Waals surface area contributed by atoms with Crippen molar-refractivity contribution >= 4 is 21.4 Å². The van der Waals surface area contributed by atoms with Gasteiger partial charge in [-0.1, -0.05) is 20.8 Å². The van der Waals surface area contributed by atoms with Crippen molar-refractivity contribution < 1.29 is 8.42 Å². The third kappa shape index (κ3) is 4.15. The molecule has 116 valence electrons. The van der Waals surface area contributed by atoms with Crippen LogP contribution < -0.4 is 10.5 Å². The summed E-state index contributed by atoms with van der Waals surface area (Å²) in [6.07, 6.45) is 3.89. The first-order valence-electron chi connectivity index (χ1n) is 6.76. The lowest BCUT2D eigenvalue weighted by atomic mass is 9.92. The van der Waals surface area contributed by atoms with E-state index in [1.165, 1.54) is 0 Å². The number of nitrogens with one attached hydrogen (secondary N) is 1. The standard InChI is InChI=1S/C13H21N5O2S/c1-13(2,3)11-9-10-12(16-6-7-18(10)17-11)15-5-4-8-21(14,19)20/h6-7,9H,4-5,8H2,1-3H3,(H,15,16)(H2,14,19,20). The predicted molar refractivity (Wildman–Crippen MR) is 82.8 cm³/mol. The molecule has 0 aromatic carbocycles. The normalized spacial score (nSPS) is 12.8. The molecular formula is C13H21N5O2S. The third-order valence-corrected chi connectivity index (χ3v) is 3.91. The number of anilines is 1. The van der Waals surface area contributed by atoms with Gasteiger partial charge in [0.25, 0.3) is 0 Å². The minimum Gasteiger partial charge on any atom is -0.368 e. The summed E-state index contributed by atoms with van der Waals surface area (Å²) in [5, 5.41) is 12.6. The first kappa shape index (κ1) is 15.7. The van der Waals surface area contributed by atoms with Crippen LogP contribution in [0.1, 0.15) is 32.9 Å². The first-order chi connectivity index (χ1) is 9.67. The zero-order valence-electron chi connectivity index (χ0n) is 12.5. The average molecular weight is 311 g/mol. The van der Waals surface area contributed by atoms with Gasteiger partial charge in [0.15, 0.2) is 5.82 Å². The maximum Gasteiger partial charge on any atom is 0.209 e. The van der Waals surface area contributed by atoms with Crippen molar-refractivity contribution in [2.75, 3.05) is 17.6 Å². The van der Waals surface area contributed by atoms with Crippen molar-refractivity contribution in [2.24, 2.45) is 5.14 Å². The molecule has 8 heteroatoms. The lowest BCUT2D eigenvalue weighted by Gasteiger charge is -2.13. The zero-order valence-corrected chi connectivity index (χ0v) is 13.3. The minimum absolute atomic E-state index is 0.0447. The highest BCUT2D eigenvalue weighted by Crippen LogP contribution is 2.24. The van der Waals surface area contributed by atoms with Gasteiger partial charge in [-0.2, -0.15) is 5.10 Å². The van der Waals surface area contributed by atoms with Gasteiger partial charge in [-0.05, 0) is 12.5 Å². The van der Waals surface area contributed by atoms with Crippen molar-refractivity contribution in [1.29, 1.82) is 0 Å². The molecule has 21 heavy (non-hydrogen) atoms. The van der Waals surface area contributed by atoms with E-state index in [0.717, 1.165) is 11.2 Å². The van der Waals surface area contributed by atoms with Gasteiger partial charge < -0.3 is 5.32 Å². The van der Waals surface area contributed by atoms with E-state index in [1.54, 1.807) is 16.9 Å². The molecule has 2 aromatic rings. The van der Waals surface area contributed by atoms with Crippen molar-refractivity contribution in [3.8, 4) is 0 Å². The molecule has 0 unspecified atom stereocenters. The predicted octanol–water partition coefficient (Wildman–Crippen LogP) is 1.12. The SMILES string of the molecule is CC(C)(C)c1cc2c(NCCCS(N)(=O)=O)nccn2n1. The molecule has 2 aromatic heterocycles. The number of hydrogen-bond acceptors (Lipinski definition) is 5. The Bertz CT molecular complexity index is 731. The van der Waals surface area contributed by atoms with Gasteiger partial charge in [-0.3, -0.25) is 0 Å². The fraction of sp³-hybridized carbons (Fsp3) is 0.538. The summed E-state index contributed by atoms with van der Waals surface area (Å²) < 4.78 is 23.6. The summed E-state index contributed by atoms with van der Waals surface area (Å²) in [7, 11) is -3.41. The van der Waals surface area contributed by atoms with E-state index in [9.17, 15) is 8.42 Å². The smallest absolute Gasteiger partial charge is 0.209 e. The number of rotatable bonds is 5. The molecule has 0 amide bonds. The van der Waals surface area contributed by atoms with Crippen molar-refractivity contribution in [1.82, 2.24) is 14.6 Å². The number of nitrogens with two attached hydrogens (primary N) is 1. The number of aromatic nitrogens is 3. The molecule has 7 nitrogen and oxygen atoms in total. The molecule has 0 aliphatic carbocycles. The Hall–Kier alpha value is -1.67.